The molecule has 0 saturated carbocycles. The molecule has 3 heteroatoms. The number of nitrogens with two attached hydrogens (primary N) is 1. The second kappa shape index (κ2) is 4.66. The zero-order chi connectivity index (χ0) is 12.5. The minimum atomic E-state index is 0.0903. The quantitative estimate of drug-likeness (QED) is 0.830. The van der Waals surface area contributed by atoms with Gasteiger partial charge in [0.15, 0.2) is 5.75 Å². The van der Waals surface area contributed by atoms with E-state index < -0.39 is 0 Å². The predicted molar refractivity (Wildman–Crippen MR) is 73.0 cm³/mol. The Balaban J connectivity index is 3.18. The third-order valence-electron chi connectivity index (χ3n) is 2.29. The van der Waals surface area contributed by atoms with E-state index in [2.05, 4.69) is 42.8 Å². The maximum absolute atomic E-state index is 6.01. The van der Waals surface area contributed by atoms with Crippen LogP contribution < -0.4 is 10.5 Å². The van der Waals surface area contributed by atoms with Crippen LogP contribution in [0, 0.1) is 0 Å². The fourth-order valence-corrected chi connectivity index (χ4v) is 1.98. The first-order valence-corrected chi connectivity index (χ1v) is 6.27. The number of nitrogen functional groups attached to an aromatic ring is 1. The average Bonchev–Trinajstić information content (AvgIpc) is 2.09. The molecular formula is C13H20BrNO. The molecule has 2 nitrogen and oxygen atoms in total. The van der Waals surface area contributed by atoms with Gasteiger partial charge in [0.05, 0.1) is 16.3 Å². The highest BCUT2D eigenvalue weighted by Gasteiger charge is 2.18. The van der Waals surface area contributed by atoms with Crippen LogP contribution >= 0.6 is 15.9 Å². The minimum absolute atomic E-state index is 0.0903. The molecule has 0 heterocycles. The Morgan fingerprint density at radius 2 is 1.81 bits per heavy atom. The molecule has 0 bridgehead atoms. The smallest absolute Gasteiger partial charge is 0.156 e. The number of benzene rings is 1. The van der Waals surface area contributed by atoms with Crippen molar-refractivity contribution in [3.05, 3.63) is 22.2 Å². The molecular weight excluding hydrogens is 266 g/mol. The summed E-state index contributed by atoms with van der Waals surface area (Å²) in [6, 6.07) is 4.07. The van der Waals surface area contributed by atoms with Crippen LogP contribution in [0.15, 0.2) is 16.6 Å². The van der Waals surface area contributed by atoms with Crippen molar-refractivity contribution >= 4 is 21.6 Å². The van der Waals surface area contributed by atoms with Gasteiger partial charge >= 0.3 is 0 Å². The second-order valence-corrected chi connectivity index (χ2v) is 6.15. The summed E-state index contributed by atoms with van der Waals surface area (Å²) in [6.07, 6.45) is 0.124. The molecule has 0 radical (unpaired) electrons. The van der Waals surface area contributed by atoms with Crippen molar-refractivity contribution in [3.63, 3.8) is 0 Å². The zero-order valence-electron chi connectivity index (χ0n) is 10.6. The van der Waals surface area contributed by atoms with Gasteiger partial charge in [-0.2, -0.15) is 0 Å². The highest BCUT2D eigenvalue weighted by Crippen LogP contribution is 2.37. The molecule has 0 saturated heterocycles. The van der Waals surface area contributed by atoms with E-state index in [0.29, 0.717) is 5.69 Å². The van der Waals surface area contributed by atoms with E-state index in [1.807, 2.05) is 19.9 Å². The van der Waals surface area contributed by atoms with Gasteiger partial charge in [0.25, 0.3) is 0 Å². The van der Waals surface area contributed by atoms with Crippen LogP contribution in [0.4, 0.5) is 5.69 Å². The topological polar surface area (TPSA) is 35.2 Å². The predicted octanol–water partition coefficient (Wildman–Crippen LogP) is 4.12. The van der Waals surface area contributed by atoms with Crippen molar-refractivity contribution in [1.29, 1.82) is 0 Å². The van der Waals surface area contributed by atoms with E-state index in [0.717, 1.165) is 10.2 Å². The van der Waals surface area contributed by atoms with E-state index in [1.54, 1.807) is 0 Å². The number of hydrogen-bond acceptors (Lipinski definition) is 2. The molecule has 0 amide bonds. The number of hydrogen-bond donors (Lipinski definition) is 1. The summed E-state index contributed by atoms with van der Waals surface area (Å²) in [4.78, 5) is 0. The molecule has 1 rings (SSSR count). The first kappa shape index (κ1) is 13.4. The Morgan fingerprint density at radius 3 is 2.19 bits per heavy atom. The summed E-state index contributed by atoms with van der Waals surface area (Å²) < 4.78 is 6.59. The second-order valence-electron chi connectivity index (χ2n) is 5.29. The lowest BCUT2D eigenvalue weighted by atomic mass is 9.87. The Labute approximate surface area is 106 Å². The van der Waals surface area contributed by atoms with Crippen molar-refractivity contribution in [2.24, 2.45) is 0 Å². The Hall–Kier alpha value is -0.700. The van der Waals surface area contributed by atoms with Crippen LogP contribution in [0.1, 0.15) is 40.2 Å². The summed E-state index contributed by atoms with van der Waals surface area (Å²) in [7, 11) is 0. The van der Waals surface area contributed by atoms with Crippen molar-refractivity contribution in [2.75, 3.05) is 5.73 Å². The van der Waals surface area contributed by atoms with Gasteiger partial charge in [-0.3, -0.25) is 0 Å². The molecule has 90 valence electrons. The fourth-order valence-electron chi connectivity index (χ4n) is 1.41. The van der Waals surface area contributed by atoms with Crippen LogP contribution in [0.5, 0.6) is 5.75 Å². The zero-order valence-corrected chi connectivity index (χ0v) is 12.2. The van der Waals surface area contributed by atoms with Gasteiger partial charge in [0.1, 0.15) is 0 Å². The van der Waals surface area contributed by atoms with E-state index in [-0.39, 0.29) is 11.5 Å². The fraction of sp³-hybridized carbons (Fsp3) is 0.538. The van der Waals surface area contributed by atoms with Crippen LogP contribution in [-0.4, -0.2) is 6.10 Å². The van der Waals surface area contributed by atoms with Crippen molar-refractivity contribution < 1.29 is 4.74 Å². The lowest BCUT2D eigenvalue weighted by Gasteiger charge is -2.22. The monoisotopic (exact) mass is 285 g/mol. The third-order valence-corrected chi connectivity index (χ3v) is 2.88. The molecule has 1 aromatic rings. The van der Waals surface area contributed by atoms with E-state index in [1.165, 1.54) is 5.56 Å². The molecule has 1 aromatic carbocycles. The third kappa shape index (κ3) is 3.14. The van der Waals surface area contributed by atoms with Gasteiger partial charge in [-0.05, 0) is 52.9 Å². The molecule has 16 heavy (non-hydrogen) atoms. The summed E-state index contributed by atoms with van der Waals surface area (Å²) in [5.74, 6) is 0.739. The molecule has 0 unspecified atom stereocenters. The summed E-state index contributed by atoms with van der Waals surface area (Å²) in [6.45, 7) is 10.5. The standard InChI is InChI=1S/C13H20BrNO/c1-8(2)16-12-10(14)6-9(7-11(12)15)13(3,4)5/h6-8H,15H2,1-5H3. The normalized spacial score (nSPS) is 11.9. The number of halogens is 1. The molecule has 0 aliphatic rings. The SMILES string of the molecule is CC(C)Oc1c(N)cc(C(C)(C)C)cc1Br. The summed E-state index contributed by atoms with van der Waals surface area (Å²) in [5, 5.41) is 0. The van der Waals surface area contributed by atoms with Crippen molar-refractivity contribution in [2.45, 2.75) is 46.1 Å². The van der Waals surface area contributed by atoms with Crippen LogP contribution in [-0.2, 0) is 5.41 Å². The summed E-state index contributed by atoms with van der Waals surface area (Å²) in [5.41, 5.74) is 7.99. The van der Waals surface area contributed by atoms with Gasteiger partial charge in [-0.15, -0.1) is 0 Å². The largest absolute Gasteiger partial charge is 0.488 e. The molecule has 0 aliphatic heterocycles. The average molecular weight is 286 g/mol. The molecule has 0 aromatic heterocycles. The lowest BCUT2D eigenvalue weighted by molar-refractivity contribution is 0.242. The maximum Gasteiger partial charge on any atom is 0.156 e. The molecule has 0 aliphatic carbocycles. The van der Waals surface area contributed by atoms with Crippen molar-refractivity contribution in [3.8, 4) is 5.75 Å². The molecule has 0 spiro atoms. The minimum Gasteiger partial charge on any atom is -0.488 e. The van der Waals surface area contributed by atoms with E-state index in [4.69, 9.17) is 10.5 Å². The highest BCUT2D eigenvalue weighted by atomic mass is 79.9. The van der Waals surface area contributed by atoms with Gasteiger partial charge in [-0.1, -0.05) is 20.8 Å². The maximum atomic E-state index is 6.01. The first-order valence-electron chi connectivity index (χ1n) is 5.48. The summed E-state index contributed by atoms with van der Waals surface area (Å²) >= 11 is 3.51. The van der Waals surface area contributed by atoms with Crippen molar-refractivity contribution in [1.82, 2.24) is 0 Å². The molecule has 0 atom stereocenters. The van der Waals surface area contributed by atoms with E-state index in [9.17, 15) is 0 Å². The van der Waals surface area contributed by atoms with Gasteiger partial charge in [0, 0.05) is 0 Å². The Bertz CT molecular complexity index is 357. The lowest BCUT2D eigenvalue weighted by Crippen LogP contribution is -2.13. The van der Waals surface area contributed by atoms with Gasteiger partial charge in [0.2, 0.25) is 0 Å². The van der Waals surface area contributed by atoms with Crippen LogP contribution in [0.25, 0.3) is 0 Å². The number of ether oxygens (including phenoxy) is 1. The van der Waals surface area contributed by atoms with Crippen LogP contribution in [0.2, 0.25) is 0 Å². The van der Waals surface area contributed by atoms with Crippen LogP contribution in [0.3, 0.4) is 0 Å². The van der Waals surface area contributed by atoms with Gasteiger partial charge < -0.3 is 10.5 Å². The number of rotatable bonds is 2. The first-order chi connectivity index (χ1) is 7.21. The Kier molecular flexibility index (Phi) is 3.89. The molecule has 2 N–H and O–H groups in total. The number of anilines is 1. The Morgan fingerprint density at radius 1 is 1.25 bits per heavy atom. The van der Waals surface area contributed by atoms with E-state index >= 15 is 0 Å². The van der Waals surface area contributed by atoms with Gasteiger partial charge in [-0.25, -0.2) is 0 Å². The highest BCUT2D eigenvalue weighted by molar-refractivity contribution is 9.10. The molecule has 0 fully saturated rings.